The number of aromatic carboxylic acids is 1. The summed E-state index contributed by atoms with van der Waals surface area (Å²) in [6.45, 7) is 0. The first kappa shape index (κ1) is 11.5. The van der Waals surface area contributed by atoms with Gasteiger partial charge in [0.25, 0.3) is 0 Å². The molecule has 88 valence electrons. The lowest BCUT2D eigenvalue weighted by molar-refractivity contribution is 0.0697. The normalized spacial score (nSPS) is 10.4. The Kier molecular flexibility index (Phi) is 3.01. The molecule has 0 radical (unpaired) electrons. The zero-order chi connectivity index (χ0) is 12.4. The zero-order valence-corrected chi connectivity index (χ0v) is 9.81. The molecule has 0 aliphatic heterocycles. The molecule has 17 heavy (non-hydrogen) atoms. The van der Waals surface area contributed by atoms with E-state index in [1.165, 1.54) is 30.2 Å². The smallest absolute Gasteiger partial charge is 0.335 e. The molecular weight excluding hydrogens is 240 g/mol. The van der Waals surface area contributed by atoms with Crippen LogP contribution in [-0.2, 0) is 7.05 Å². The van der Waals surface area contributed by atoms with Crippen LogP contribution in [-0.4, -0.2) is 25.8 Å². The summed E-state index contributed by atoms with van der Waals surface area (Å²) in [5.41, 5.74) is 6.37. The van der Waals surface area contributed by atoms with Gasteiger partial charge in [0.2, 0.25) is 0 Å². The van der Waals surface area contributed by atoms with Crippen LogP contribution in [0.2, 0.25) is 0 Å². The van der Waals surface area contributed by atoms with Crippen molar-refractivity contribution in [1.29, 1.82) is 0 Å². The van der Waals surface area contributed by atoms with E-state index in [2.05, 4.69) is 10.1 Å². The van der Waals surface area contributed by atoms with Crippen LogP contribution in [0.1, 0.15) is 10.4 Å². The van der Waals surface area contributed by atoms with Gasteiger partial charge in [0, 0.05) is 17.6 Å². The second-order valence-electron chi connectivity index (χ2n) is 3.33. The van der Waals surface area contributed by atoms with Crippen molar-refractivity contribution in [3.05, 3.63) is 30.1 Å². The molecule has 6 nitrogen and oxygen atoms in total. The monoisotopic (exact) mass is 250 g/mol. The van der Waals surface area contributed by atoms with Crippen molar-refractivity contribution in [2.24, 2.45) is 7.05 Å². The van der Waals surface area contributed by atoms with E-state index in [4.69, 9.17) is 10.8 Å². The average molecular weight is 250 g/mol. The predicted molar refractivity (Wildman–Crippen MR) is 62.9 cm³/mol. The highest BCUT2D eigenvalue weighted by atomic mass is 32.2. The highest BCUT2D eigenvalue weighted by Gasteiger charge is 2.09. The summed E-state index contributed by atoms with van der Waals surface area (Å²) < 4.78 is 1.62. The summed E-state index contributed by atoms with van der Waals surface area (Å²) >= 11 is 1.34. The van der Waals surface area contributed by atoms with Gasteiger partial charge in [-0.2, -0.15) is 5.10 Å². The molecule has 0 fully saturated rings. The number of hydrogen-bond acceptors (Lipinski definition) is 5. The van der Waals surface area contributed by atoms with E-state index < -0.39 is 5.97 Å². The first-order chi connectivity index (χ1) is 8.08. The summed E-state index contributed by atoms with van der Waals surface area (Å²) in [5, 5.41) is 13.4. The fourth-order valence-corrected chi connectivity index (χ4v) is 2.04. The van der Waals surface area contributed by atoms with Crippen LogP contribution < -0.4 is 5.73 Å². The van der Waals surface area contributed by atoms with Gasteiger partial charge in [0.1, 0.15) is 6.33 Å². The second-order valence-corrected chi connectivity index (χ2v) is 4.34. The summed E-state index contributed by atoms with van der Waals surface area (Å²) in [6, 6.07) is 4.61. The Morgan fingerprint density at radius 1 is 1.53 bits per heavy atom. The zero-order valence-electron chi connectivity index (χ0n) is 8.99. The van der Waals surface area contributed by atoms with Gasteiger partial charge in [-0.15, -0.1) is 0 Å². The number of rotatable bonds is 3. The number of nitrogens with zero attached hydrogens (tertiary/aromatic N) is 3. The van der Waals surface area contributed by atoms with E-state index in [9.17, 15) is 4.79 Å². The number of aryl methyl sites for hydroxylation is 1. The SMILES string of the molecule is Cn1ncnc1Sc1ccc(C(=O)O)cc1N. The predicted octanol–water partition coefficient (Wildman–Crippen LogP) is 1.25. The number of anilines is 1. The molecule has 3 N–H and O–H groups in total. The third kappa shape index (κ3) is 2.39. The number of nitrogen functional groups attached to an aromatic ring is 1. The molecule has 0 spiro atoms. The Morgan fingerprint density at radius 3 is 2.82 bits per heavy atom. The Labute approximate surface area is 101 Å². The maximum absolute atomic E-state index is 10.7. The third-order valence-corrected chi connectivity index (χ3v) is 3.27. The van der Waals surface area contributed by atoms with Crippen LogP contribution in [0, 0.1) is 0 Å². The van der Waals surface area contributed by atoms with Crippen molar-refractivity contribution in [3.8, 4) is 0 Å². The molecule has 0 unspecified atom stereocenters. The number of carbonyl (C=O) groups is 1. The van der Waals surface area contributed by atoms with Crippen molar-refractivity contribution in [2.45, 2.75) is 10.1 Å². The first-order valence-electron chi connectivity index (χ1n) is 4.72. The van der Waals surface area contributed by atoms with Gasteiger partial charge >= 0.3 is 5.97 Å². The Bertz CT molecular complexity index is 567. The molecule has 0 amide bonds. The standard InChI is InChI=1S/C10H10N4O2S/c1-14-10(12-5-13-14)17-8-3-2-6(9(15)16)4-7(8)11/h2-5H,11H2,1H3,(H,15,16). The highest BCUT2D eigenvalue weighted by Crippen LogP contribution is 2.30. The molecule has 2 rings (SSSR count). The van der Waals surface area contributed by atoms with Crippen molar-refractivity contribution < 1.29 is 9.90 Å². The second kappa shape index (κ2) is 4.46. The molecule has 1 aromatic heterocycles. The van der Waals surface area contributed by atoms with Crippen LogP contribution in [0.5, 0.6) is 0 Å². The molecule has 0 bridgehead atoms. The van der Waals surface area contributed by atoms with Gasteiger partial charge in [0.05, 0.1) is 5.56 Å². The Balaban J connectivity index is 2.29. The molecule has 7 heteroatoms. The van der Waals surface area contributed by atoms with Crippen LogP contribution >= 0.6 is 11.8 Å². The van der Waals surface area contributed by atoms with Gasteiger partial charge in [-0.25, -0.2) is 14.5 Å². The van der Waals surface area contributed by atoms with Crippen LogP contribution in [0.15, 0.2) is 34.6 Å². The van der Waals surface area contributed by atoms with Gasteiger partial charge in [-0.3, -0.25) is 0 Å². The van der Waals surface area contributed by atoms with Gasteiger partial charge < -0.3 is 10.8 Å². The van der Waals surface area contributed by atoms with Gasteiger partial charge in [0.15, 0.2) is 5.16 Å². The lowest BCUT2D eigenvalue weighted by Crippen LogP contribution is -1.99. The van der Waals surface area contributed by atoms with E-state index in [0.29, 0.717) is 10.8 Å². The number of nitrogens with two attached hydrogens (primary N) is 1. The van der Waals surface area contributed by atoms with E-state index in [0.717, 1.165) is 4.90 Å². The third-order valence-electron chi connectivity index (χ3n) is 2.13. The van der Waals surface area contributed by atoms with E-state index >= 15 is 0 Å². The van der Waals surface area contributed by atoms with Crippen molar-refractivity contribution in [1.82, 2.24) is 14.8 Å². The lowest BCUT2D eigenvalue weighted by Gasteiger charge is -2.05. The number of benzene rings is 1. The summed E-state index contributed by atoms with van der Waals surface area (Å²) in [4.78, 5) is 15.6. The van der Waals surface area contributed by atoms with Crippen LogP contribution in [0.25, 0.3) is 0 Å². The Morgan fingerprint density at radius 2 is 2.29 bits per heavy atom. The van der Waals surface area contributed by atoms with Gasteiger partial charge in [-0.05, 0) is 30.0 Å². The van der Waals surface area contributed by atoms with E-state index in [1.54, 1.807) is 17.8 Å². The lowest BCUT2D eigenvalue weighted by atomic mass is 10.2. The van der Waals surface area contributed by atoms with Gasteiger partial charge in [-0.1, -0.05) is 0 Å². The molecule has 0 aliphatic rings. The van der Waals surface area contributed by atoms with Crippen molar-refractivity contribution >= 4 is 23.4 Å². The summed E-state index contributed by atoms with van der Waals surface area (Å²) in [5.74, 6) is -0.994. The van der Waals surface area contributed by atoms with Crippen LogP contribution in [0.4, 0.5) is 5.69 Å². The minimum atomic E-state index is -0.994. The van der Waals surface area contributed by atoms with Crippen molar-refractivity contribution in [3.63, 3.8) is 0 Å². The molecule has 1 heterocycles. The minimum Gasteiger partial charge on any atom is -0.478 e. The fourth-order valence-electron chi connectivity index (χ4n) is 1.25. The van der Waals surface area contributed by atoms with E-state index in [1.807, 2.05) is 0 Å². The molecule has 0 saturated heterocycles. The molecule has 2 aromatic rings. The highest BCUT2D eigenvalue weighted by molar-refractivity contribution is 7.99. The average Bonchev–Trinajstić information content (AvgIpc) is 2.67. The van der Waals surface area contributed by atoms with E-state index in [-0.39, 0.29) is 5.56 Å². The topological polar surface area (TPSA) is 94.0 Å². The molecule has 1 aromatic carbocycles. The maximum atomic E-state index is 10.7. The fraction of sp³-hybridized carbons (Fsp3) is 0.100. The quantitative estimate of drug-likeness (QED) is 0.796. The number of aromatic nitrogens is 3. The Hall–Kier alpha value is -2.02. The molecular formula is C10H10N4O2S. The number of hydrogen-bond donors (Lipinski definition) is 2. The number of carboxylic acids is 1. The first-order valence-corrected chi connectivity index (χ1v) is 5.54. The van der Waals surface area contributed by atoms with Crippen molar-refractivity contribution in [2.75, 3.05) is 5.73 Å². The molecule has 0 aliphatic carbocycles. The molecule has 0 saturated carbocycles. The minimum absolute atomic E-state index is 0.171. The number of carboxylic acid groups (broad SMARTS) is 1. The molecule has 0 atom stereocenters. The summed E-state index contributed by atoms with van der Waals surface area (Å²) in [6.07, 6.45) is 1.45. The maximum Gasteiger partial charge on any atom is 0.335 e. The summed E-state index contributed by atoms with van der Waals surface area (Å²) in [7, 11) is 1.77. The largest absolute Gasteiger partial charge is 0.478 e. The van der Waals surface area contributed by atoms with Crippen LogP contribution in [0.3, 0.4) is 0 Å².